The maximum Gasteiger partial charge on any atom is 0.261 e. The van der Waals surface area contributed by atoms with Crippen molar-refractivity contribution in [1.82, 2.24) is 9.97 Å². The van der Waals surface area contributed by atoms with Gasteiger partial charge in [0.1, 0.15) is 5.02 Å². The largest absolute Gasteiger partial charge is 0.403 e. The van der Waals surface area contributed by atoms with E-state index in [1.165, 1.54) is 12.4 Å². The summed E-state index contributed by atoms with van der Waals surface area (Å²) in [6, 6.07) is 23.8. The molecule has 2 heterocycles. The summed E-state index contributed by atoms with van der Waals surface area (Å²) < 4.78 is 29.2. The Balaban J connectivity index is 1.68. The number of hydrogen-bond acceptors (Lipinski definition) is 6. The lowest BCUT2D eigenvalue weighted by Crippen LogP contribution is -2.66. The molecule has 0 N–H and O–H groups in total. The maximum atomic E-state index is 16.0. The SMILES string of the molecule is C[C@@H]1CN(c2c(CO[Si](c3ccccc3)(c3ccccc3)C(C)(C)C)cc(C(=O)c3ncccn3)c(F)c2Cl)C[C@H](C)O1. The molecular formula is C34H37ClFN3O3Si. The fourth-order valence-corrected chi connectivity index (χ4v) is 11.0. The molecule has 0 bridgehead atoms. The molecule has 0 spiro atoms. The molecule has 1 fully saturated rings. The molecule has 1 aliphatic heterocycles. The molecule has 2 atom stereocenters. The van der Waals surface area contributed by atoms with Crippen LogP contribution < -0.4 is 15.3 Å². The highest BCUT2D eigenvalue weighted by atomic mass is 35.5. The van der Waals surface area contributed by atoms with Crippen molar-refractivity contribution in [3.8, 4) is 0 Å². The third-order valence-corrected chi connectivity index (χ3v) is 13.2. The van der Waals surface area contributed by atoms with Crippen molar-refractivity contribution in [1.29, 1.82) is 0 Å². The van der Waals surface area contributed by atoms with E-state index in [2.05, 4.69) is 55.0 Å². The highest BCUT2D eigenvalue weighted by molar-refractivity contribution is 6.99. The first kappa shape index (κ1) is 31.0. The molecule has 5 rings (SSSR count). The molecule has 9 heteroatoms. The second-order valence-electron chi connectivity index (χ2n) is 12.1. The van der Waals surface area contributed by atoms with Crippen molar-refractivity contribution < 1.29 is 18.3 Å². The minimum absolute atomic E-state index is 0.0904. The fraction of sp³-hybridized carbons (Fsp3) is 0.324. The zero-order chi connectivity index (χ0) is 30.8. The third-order valence-electron chi connectivity index (χ3n) is 7.87. The van der Waals surface area contributed by atoms with Gasteiger partial charge >= 0.3 is 0 Å². The van der Waals surface area contributed by atoms with E-state index in [-0.39, 0.29) is 40.3 Å². The Morgan fingerprint density at radius 3 is 2.02 bits per heavy atom. The van der Waals surface area contributed by atoms with Gasteiger partial charge in [0.25, 0.3) is 8.32 Å². The van der Waals surface area contributed by atoms with Gasteiger partial charge in [-0.25, -0.2) is 14.4 Å². The minimum atomic E-state index is -2.96. The van der Waals surface area contributed by atoms with E-state index in [0.717, 1.165) is 10.4 Å². The number of ether oxygens (including phenoxy) is 1. The zero-order valence-corrected chi connectivity index (χ0v) is 26.9. The summed E-state index contributed by atoms with van der Waals surface area (Å²) in [5, 5.41) is 1.83. The average Bonchev–Trinajstić information content (AvgIpc) is 2.99. The van der Waals surface area contributed by atoms with Gasteiger partial charge in [-0.3, -0.25) is 4.79 Å². The number of aromatic nitrogens is 2. The first-order chi connectivity index (χ1) is 20.5. The van der Waals surface area contributed by atoms with Crippen molar-refractivity contribution >= 4 is 41.8 Å². The van der Waals surface area contributed by atoms with Crippen molar-refractivity contribution in [3.05, 3.63) is 113 Å². The summed E-state index contributed by atoms with van der Waals surface area (Å²) in [7, 11) is -2.96. The van der Waals surface area contributed by atoms with Gasteiger partial charge in [-0.2, -0.15) is 0 Å². The highest BCUT2D eigenvalue weighted by Crippen LogP contribution is 2.41. The predicted octanol–water partition coefficient (Wildman–Crippen LogP) is 6.19. The zero-order valence-electron chi connectivity index (χ0n) is 25.2. The number of morpholine rings is 1. The molecule has 0 unspecified atom stereocenters. The first-order valence-electron chi connectivity index (χ1n) is 14.5. The molecular weight excluding hydrogens is 581 g/mol. The van der Waals surface area contributed by atoms with Crippen LogP contribution in [-0.2, 0) is 15.8 Å². The standard InChI is InChI=1S/C34H37ClFN3O3Si/c1-23-20-39(21-24(2)42-23)31-25(19-28(30(36)29(31)35)32(40)33-37-17-12-18-38-33)22-41-43(34(3,4)5,26-13-8-6-9-14-26)27-15-10-7-11-16-27/h6-19,23-24H,20-22H2,1-5H3/t23-,24+. The van der Waals surface area contributed by atoms with Gasteiger partial charge in [0.05, 0.1) is 30.1 Å². The van der Waals surface area contributed by atoms with E-state index in [0.29, 0.717) is 24.3 Å². The van der Waals surface area contributed by atoms with Crippen molar-refractivity contribution in [2.45, 2.75) is 58.5 Å². The summed E-state index contributed by atoms with van der Waals surface area (Å²) >= 11 is 6.84. The topological polar surface area (TPSA) is 64.5 Å². The van der Waals surface area contributed by atoms with Gasteiger partial charge in [0.15, 0.2) is 5.82 Å². The van der Waals surface area contributed by atoms with Crippen molar-refractivity contribution in [2.75, 3.05) is 18.0 Å². The van der Waals surface area contributed by atoms with Gasteiger partial charge in [-0.15, -0.1) is 0 Å². The summed E-state index contributed by atoms with van der Waals surface area (Å²) in [6.45, 7) is 11.7. The number of halogens is 2. The van der Waals surface area contributed by atoms with Crippen LogP contribution in [0.1, 0.15) is 56.4 Å². The fourth-order valence-electron chi connectivity index (χ4n) is 6.13. The summed E-state index contributed by atoms with van der Waals surface area (Å²) in [5.74, 6) is -1.53. The summed E-state index contributed by atoms with van der Waals surface area (Å²) in [6.07, 6.45) is 2.73. The van der Waals surface area contributed by atoms with Crippen LogP contribution >= 0.6 is 11.6 Å². The molecule has 0 amide bonds. The van der Waals surface area contributed by atoms with Gasteiger partial charge in [-0.1, -0.05) is 93.0 Å². The molecule has 224 valence electrons. The molecule has 1 aliphatic rings. The van der Waals surface area contributed by atoms with E-state index >= 15 is 4.39 Å². The number of benzene rings is 3. The Hall–Kier alpha value is -3.43. The molecule has 1 saturated heterocycles. The summed E-state index contributed by atoms with van der Waals surface area (Å²) in [4.78, 5) is 23.6. The van der Waals surface area contributed by atoms with Gasteiger partial charge < -0.3 is 14.1 Å². The second kappa shape index (κ2) is 12.7. The average molecular weight is 618 g/mol. The lowest BCUT2D eigenvalue weighted by Gasteiger charge is -2.43. The minimum Gasteiger partial charge on any atom is -0.403 e. The Labute approximate surface area is 259 Å². The van der Waals surface area contributed by atoms with Crippen LogP contribution in [0.2, 0.25) is 10.1 Å². The second-order valence-corrected chi connectivity index (χ2v) is 16.8. The molecule has 1 aromatic heterocycles. The van der Waals surface area contributed by atoms with E-state index in [1.54, 1.807) is 12.1 Å². The number of anilines is 1. The number of hydrogen-bond donors (Lipinski definition) is 0. The predicted molar refractivity (Wildman–Crippen MR) is 172 cm³/mol. The molecule has 4 aromatic rings. The third kappa shape index (κ3) is 6.15. The molecule has 43 heavy (non-hydrogen) atoms. The number of ketones is 1. The highest BCUT2D eigenvalue weighted by Gasteiger charge is 2.50. The van der Waals surface area contributed by atoms with E-state index in [1.807, 2.05) is 55.1 Å². The van der Waals surface area contributed by atoms with Gasteiger partial charge in [0.2, 0.25) is 11.6 Å². The van der Waals surface area contributed by atoms with Crippen LogP contribution in [0.25, 0.3) is 0 Å². The first-order valence-corrected chi connectivity index (χ1v) is 16.8. The van der Waals surface area contributed by atoms with Crippen molar-refractivity contribution in [3.63, 3.8) is 0 Å². The smallest absolute Gasteiger partial charge is 0.261 e. The van der Waals surface area contributed by atoms with Gasteiger partial charge in [-0.05, 0) is 41.4 Å². The van der Waals surface area contributed by atoms with Crippen LogP contribution in [-0.4, -0.2) is 49.4 Å². The molecule has 0 radical (unpaired) electrons. The quantitative estimate of drug-likeness (QED) is 0.174. The Kier molecular flexibility index (Phi) is 9.13. The van der Waals surface area contributed by atoms with Crippen LogP contribution in [0.4, 0.5) is 10.1 Å². The Morgan fingerprint density at radius 2 is 1.51 bits per heavy atom. The number of rotatable bonds is 8. The molecule has 3 aromatic carbocycles. The lowest BCUT2D eigenvalue weighted by atomic mass is 10.0. The number of carbonyl (C=O) groups is 1. The van der Waals surface area contributed by atoms with Gasteiger partial charge in [0, 0.05) is 31.0 Å². The Morgan fingerprint density at radius 1 is 0.977 bits per heavy atom. The summed E-state index contributed by atoms with van der Waals surface area (Å²) in [5.41, 5.74) is 0.958. The number of carbonyl (C=O) groups excluding carboxylic acids is 1. The molecule has 0 saturated carbocycles. The van der Waals surface area contributed by atoms with Crippen LogP contribution in [0.3, 0.4) is 0 Å². The van der Waals surface area contributed by atoms with E-state index in [4.69, 9.17) is 20.8 Å². The molecule has 6 nitrogen and oxygen atoms in total. The maximum absolute atomic E-state index is 16.0. The van der Waals surface area contributed by atoms with Crippen LogP contribution in [0.15, 0.2) is 85.2 Å². The van der Waals surface area contributed by atoms with E-state index in [9.17, 15) is 4.79 Å². The normalized spacial score (nSPS) is 17.6. The van der Waals surface area contributed by atoms with Crippen molar-refractivity contribution in [2.24, 2.45) is 0 Å². The lowest BCUT2D eigenvalue weighted by molar-refractivity contribution is -0.00532. The monoisotopic (exact) mass is 617 g/mol. The molecule has 0 aliphatic carbocycles. The van der Waals surface area contributed by atoms with Crippen LogP contribution in [0.5, 0.6) is 0 Å². The Bertz CT molecular complexity index is 1520. The van der Waals surface area contributed by atoms with E-state index < -0.39 is 19.9 Å². The number of nitrogens with zero attached hydrogens (tertiary/aromatic N) is 3. The van der Waals surface area contributed by atoms with Crippen LogP contribution in [0, 0.1) is 5.82 Å².